The van der Waals surface area contributed by atoms with Gasteiger partial charge in [0.2, 0.25) is 0 Å². The normalized spacial score (nSPS) is 17.9. The Bertz CT molecular complexity index is 158. The van der Waals surface area contributed by atoms with Crippen molar-refractivity contribution in [1.29, 1.82) is 5.26 Å². The maximum Gasteiger partial charge on any atom is 0.0774 e. The molecule has 0 bridgehead atoms. The average molecular weight is 169 g/mol. The fraction of sp³-hybridized carbons (Fsp3) is 0.900. The summed E-state index contributed by atoms with van der Waals surface area (Å²) in [4.78, 5) is 0. The first-order valence-corrected chi connectivity index (χ1v) is 4.64. The molecular weight excluding hydrogens is 150 g/mol. The van der Waals surface area contributed by atoms with E-state index < -0.39 is 5.60 Å². The molecule has 0 heterocycles. The zero-order valence-electron chi connectivity index (χ0n) is 8.30. The smallest absolute Gasteiger partial charge is 0.0774 e. The molecule has 2 atom stereocenters. The quantitative estimate of drug-likeness (QED) is 0.687. The van der Waals surface area contributed by atoms with Gasteiger partial charge < -0.3 is 5.11 Å². The number of unbranched alkanes of at least 4 members (excludes halogenated alkanes) is 1. The van der Waals surface area contributed by atoms with Crippen LogP contribution in [0.5, 0.6) is 0 Å². The monoisotopic (exact) mass is 169 g/mol. The van der Waals surface area contributed by atoms with E-state index in [4.69, 9.17) is 5.26 Å². The van der Waals surface area contributed by atoms with Gasteiger partial charge >= 0.3 is 0 Å². The van der Waals surface area contributed by atoms with Crippen LogP contribution in [0.4, 0.5) is 0 Å². The summed E-state index contributed by atoms with van der Waals surface area (Å²) in [7, 11) is 0. The van der Waals surface area contributed by atoms with Crippen LogP contribution in [0.1, 0.15) is 46.5 Å². The summed E-state index contributed by atoms with van der Waals surface area (Å²) in [6.45, 7) is 5.88. The molecule has 0 aromatic rings. The Labute approximate surface area is 75.2 Å². The molecule has 0 radical (unpaired) electrons. The van der Waals surface area contributed by atoms with Gasteiger partial charge in [-0.15, -0.1) is 0 Å². The third-order valence-electron chi connectivity index (χ3n) is 2.49. The van der Waals surface area contributed by atoms with Gasteiger partial charge in [-0.3, -0.25) is 0 Å². The summed E-state index contributed by atoms with van der Waals surface area (Å²) in [5.41, 5.74) is -0.802. The third-order valence-corrected chi connectivity index (χ3v) is 2.49. The zero-order chi connectivity index (χ0) is 9.61. The Hall–Kier alpha value is -0.550. The van der Waals surface area contributed by atoms with Crippen LogP contribution < -0.4 is 0 Å². The lowest BCUT2D eigenvalue weighted by atomic mass is 9.85. The van der Waals surface area contributed by atoms with Gasteiger partial charge in [-0.2, -0.15) is 5.26 Å². The lowest BCUT2D eigenvalue weighted by Gasteiger charge is -2.27. The summed E-state index contributed by atoms with van der Waals surface area (Å²) in [5.74, 6) is 0.220. The molecule has 0 aromatic carbocycles. The number of hydrogen-bond donors (Lipinski definition) is 1. The molecule has 0 aliphatic heterocycles. The molecule has 0 saturated carbocycles. The van der Waals surface area contributed by atoms with Crippen LogP contribution >= 0.6 is 0 Å². The molecule has 1 N–H and O–H groups in total. The predicted octanol–water partition coefficient (Wildman–Crippen LogP) is 2.48. The second kappa shape index (κ2) is 5.16. The van der Waals surface area contributed by atoms with Crippen LogP contribution in [-0.2, 0) is 0 Å². The molecular formula is C10H19NO. The molecule has 0 aliphatic rings. The van der Waals surface area contributed by atoms with Crippen molar-refractivity contribution in [3.63, 3.8) is 0 Å². The maximum atomic E-state index is 9.79. The Kier molecular flexibility index (Phi) is 4.92. The van der Waals surface area contributed by atoms with Crippen LogP contribution in [0.25, 0.3) is 0 Å². The van der Waals surface area contributed by atoms with Crippen molar-refractivity contribution in [1.82, 2.24) is 0 Å². The average Bonchev–Trinajstić information content (AvgIpc) is 2.00. The van der Waals surface area contributed by atoms with Crippen molar-refractivity contribution in [2.24, 2.45) is 5.92 Å². The minimum absolute atomic E-state index is 0.220. The molecule has 0 saturated heterocycles. The molecule has 2 unspecified atom stereocenters. The summed E-state index contributed by atoms with van der Waals surface area (Å²) in [6, 6.07) is 2.02. The van der Waals surface area contributed by atoms with Crippen LogP contribution in [0.15, 0.2) is 0 Å². The summed E-state index contributed by atoms with van der Waals surface area (Å²) >= 11 is 0. The first-order valence-electron chi connectivity index (χ1n) is 4.64. The first kappa shape index (κ1) is 11.4. The van der Waals surface area contributed by atoms with Crippen molar-refractivity contribution in [3.05, 3.63) is 0 Å². The van der Waals surface area contributed by atoms with Gasteiger partial charge in [0, 0.05) is 0 Å². The Morgan fingerprint density at radius 2 is 2.17 bits per heavy atom. The van der Waals surface area contributed by atoms with E-state index in [0.29, 0.717) is 0 Å². The molecule has 0 amide bonds. The van der Waals surface area contributed by atoms with E-state index in [1.165, 1.54) is 0 Å². The summed E-state index contributed by atoms with van der Waals surface area (Å²) < 4.78 is 0. The van der Waals surface area contributed by atoms with Crippen molar-refractivity contribution < 1.29 is 5.11 Å². The SMILES string of the molecule is CCCCC(C)C(C)(O)CC#N. The molecule has 0 aliphatic carbocycles. The van der Waals surface area contributed by atoms with Gasteiger partial charge in [0.15, 0.2) is 0 Å². The van der Waals surface area contributed by atoms with Crippen molar-refractivity contribution in [2.75, 3.05) is 0 Å². The lowest BCUT2D eigenvalue weighted by molar-refractivity contribution is 0.00655. The van der Waals surface area contributed by atoms with Crippen LogP contribution in [0.3, 0.4) is 0 Å². The number of nitriles is 1. The molecule has 2 heteroatoms. The second-order valence-corrected chi connectivity index (χ2v) is 3.74. The molecule has 2 nitrogen and oxygen atoms in total. The highest BCUT2D eigenvalue weighted by atomic mass is 16.3. The molecule has 0 spiro atoms. The van der Waals surface area contributed by atoms with E-state index in [-0.39, 0.29) is 12.3 Å². The highest BCUT2D eigenvalue weighted by Gasteiger charge is 2.27. The van der Waals surface area contributed by atoms with Gasteiger partial charge in [0.25, 0.3) is 0 Å². The maximum absolute atomic E-state index is 9.79. The van der Waals surface area contributed by atoms with E-state index >= 15 is 0 Å². The van der Waals surface area contributed by atoms with Crippen molar-refractivity contribution >= 4 is 0 Å². The number of rotatable bonds is 5. The highest BCUT2D eigenvalue weighted by Crippen LogP contribution is 2.24. The number of hydrogen-bond acceptors (Lipinski definition) is 2. The molecule has 70 valence electrons. The molecule has 0 rings (SSSR count). The van der Waals surface area contributed by atoms with Gasteiger partial charge in [0.1, 0.15) is 0 Å². The van der Waals surface area contributed by atoms with Crippen LogP contribution in [-0.4, -0.2) is 10.7 Å². The van der Waals surface area contributed by atoms with E-state index in [2.05, 4.69) is 6.92 Å². The van der Waals surface area contributed by atoms with Crippen molar-refractivity contribution in [2.45, 2.75) is 52.1 Å². The fourth-order valence-electron chi connectivity index (χ4n) is 1.16. The second-order valence-electron chi connectivity index (χ2n) is 3.74. The highest BCUT2D eigenvalue weighted by molar-refractivity contribution is 4.88. The Morgan fingerprint density at radius 1 is 1.58 bits per heavy atom. The molecule has 0 fully saturated rings. The van der Waals surface area contributed by atoms with Crippen molar-refractivity contribution in [3.8, 4) is 6.07 Å². The Morgan fingerprint density at radius 3 is 2.58 bits per heavy atom. The van der Waals surface area contributed by atoms with Gasteiger partial charge in [-0.25, -0.2) is 0 Å². The van der Waals surface area contributed by atoms with Crippen LogP contribution in [0, 0.1) is 17.2 Å². The minimum Gasteiger partial charge on any atom is -0.389 e. The third kappa shape index (κ3) is 3.73. The van der Waals surface area contributed by atoms with Gasteiger partial charge in [-0.05, 0) is 19.3 Å². The number of aliphatic hydroxyl groups is 1. The number of nitrogens with zero attached hydrogens (tertiary/aromatic N) is 1. The van der Waals surface area contributed by atoms with Gasteiger partial charge in [0.05, 0.1) is 18.1 Å². The largest absolute Gasteiger partial charge is 0.389 e. The Balaban J connectivity index is 3.89. The first-order chi connectivity index (χ1) is 5.54. The summed E-state index contributed by atoms with van der Waals surface area (Å²) in [5, 5.41) is 18.3. The summed E-state index contributed by atoms with van der Waals surface area (Å²) in [6.07, 6.45) is 3.51. The minimum atomic E-state index is -0.802. The lowest BCUT2D eigenvalue weighted by Crippen LogP contribution is -2.32. The fourth-order valence-corrected chi connectivity index (χ4v) is 1.16. The molecule has 12 heavy (non-hydrogen) atoms. The van der Waals surface area contributed by atoms with E-state index in [1.807, 2.05) is 13.0 Å². The molecule has 0 aromatic heterocycles. The van der Waals surface area contributed by atoms with Crippen LogP contribution in [0.2, 0.25) is 0 Å². The van der Waals surface area contributed by atoms with E-state index in [9.17, 15) is 5.11 Å². The topological polar surface area (TPSA) is 44.0 Å². The zero-order valence-corrected chi connectivity index (χ0v) is 8.30. The standard InChI is InChI=1S/C10H19NO/c1-4-5-6-9(2)10(3,12)7-8-11/h9,12H,4-7H2,1-3H3. The predicted molar refractivity (Wildman–Crippen MR) is 49.5 cm³/mol. The van der Waals surface area contributed by atoms with E-state index in [0.717, 1.165) is 19.3 Å². The van der Waals surface area contributed by atoms with Gasteiger partial charge in [-0.1, -0.05) is 26.7 Å². The van der Waals surface area contributed by atoms with E-state index in [1.54, 1.807) is 6.92 Å².